The number of anilines is 1. The lowest BCUT2D eigenvalue weighted by atomic mass is 9.98. The minimum absolute atomic E-state index is 0.0411. The number of carboxylic acids is 1. The van der Waals surface area contributed by atoms with Crippen molar-refractivity contribution in [3.05, 3.63) is 58.2 Å². The van der Waals surface area contributed by atoms with E-state index in [2.05, 4.69) is 27.9 Å². The van der Waals surface area contributed by atoms with Crippen molar-refractivity contribution in [3.8, 4) is 16.3 Å². The van der Waals surface area contributed by atoms with Crippen LogP contribution in [0.4, 0.5) is 5.82 Å². The van der Waals surface area contributed by atoms with Gasteiger partial charge in [-0.25, -0.2) is 9.97 Å². The Hall–Kier alpha value is -3.26. The standard InChI is InChI=1S/C28H33N3O4S/c1-4-12-31(25-11-8-22(17-29-25)28-30-18(2)27(36-28)19(3)32)13-5-14-35-23-9-10-24-20(15-23)6-7-21(24)16-26(33)34/h8-11,15,17,21H,4-7,12-14,16H2,1-3H3,(H,33,34)/t21-/m0/s1. The molecule has 2 aromatic heterocycles. The monoisotopic (exact) mass is 507 g/mol. The van der Waals surface area contributed by atoms with Gasteiger partial charge in [0.15, 0.2) is 5.78 Å². The summed E-state index contributed by atoms with van der Waals surface area (Å²) in [6.07, 6.45) is 5.70. The number of carboxylic acid groups (broad SMARTS) is 1. The van der Waals surface area contributed by atoms with Crippen LogP contribution >= 0.6 is 11.3 Å². The summed E-state index contributed by atoms with van der Waals surface area (Å²) < 4.78 is 6.02. The Morgan fingerprint density at radius 3 is 2.72 bits per heavy atom. The van der Waals surface area contributed by atoms with Crippen LogP contribution in [0.15, 0.2) is 36.5 Å². The normalized spacial score (nSPS) is 14.5. The van der Waals surface area contributed by atoms with Crippen LogP contribution in [0.2, 0.25) is 0 Å². The maximum atomic E-state index is 11.8. The third-order valence-electron chi connectivity index (χ3n) is 6.51. The fourth-order valence-corrected chi connectivity index (χ4v) is 5.75. The summed E-state index contributed by atoms with van der Waals surface area (Å²) in [6.45, 7) is 7.92. The summed E-state index contributed by atoms with van der Waals surface area (Å²) in [4.78, 5) is 35.0. The first kappa shape index (κ1) is 25.8. The van der Waals surface area contributed by atoms with E-state index in [9.17, 15) is 9.59 Å². The van der Waals surface area contributed by atoms with Gasteiger partial charge in [-0.15, -0.1) is 11.3 Å². The van der Waals surface area contributed by atoms with Gasteiger partial charge in [-0.05, 0) is 73.9 Å². The highest BCUT2D eigenvalue weighted by molar-refractivity contribution is 7.17. The SMILES string of the molecule is CCCN(CCCOc1ccc2c(c1)CC[C@H]2CC(=O)O)c1ccc(-c2nc(C)c(C(C)=O)s2)cn1. The lowest BCUT2D eigenvalue weighted by Gasteiger charge is -2.23. The second-order valence-corrected chi connectivity index (χ2v) is 10.3. The van der Waals surface area contributed by atoms with Gasteiger partial charge in [0.05, 0.1) is 23.6 Å². The number of benzene rings is 1. The average Bonchev–Trinajstić information content (AvgIpc) is 3.44. The Morgan fingerprint density at radius 1 is 1.22 bits per heavy atom. The third kappa shape index (κ3) is 6.10. The first-order chi connectivity index (χ1) is 17.4. The van der Waals surface area contributed by atoms with Crippen LogP contribution < -0.4 is 9.64 Å². The van der Waals surface area contributed by atoms with Crippen molar-refractivity contribution in [1.29, 1.82) is 0 Å². The van der Waals surface area contributed by atoms with Crippen LogP contribution in [0.1, 0.15) is 71.9 Å². The van der Waals surface area contributed by atoms with Crippen molar-refractivity contribution in [1.82, 2.24) is 9.97 Å². The number of rotatable bonds is 12. The number of thiazole rings is 1. The van der Waals surface area contributed by atoms with Crippen LogP contribution in [0.5, 0.6) is 5.75 Å². The van der Waals surface area contributed by atoms with Crippen LogP contribution in [-0.2, 0) is 11.2 Å². The number of aromatic nitrogens is 2. The van der Waals surface area contributed by atoms with Gasteiger partial charge in [0.2, 0.25) is 0 Å². The van der Waals surface area contributed by atoms with Crippen LogP contribution in [0.25, 0.3) is 10.6 Å². The molecule has 3 aromatic rings. The number of carbonyl (C=O) groups excluding carboxylic acids is 1. The number of carbonyl (C=O) groups is 2. The summed E-state index contributed by atoms with van der Waals surface area (Å²) in [5, 5.41) is 9.93. The number of nitrogens with zero attached hydrogens (tertiary/aromatic N) is 3. The van der Waals surface area contributed by atoms with E-state index in [4.69, 9.17) is 9.84 Å². The molecule has 8 heteroatoms. The molecule has 0 bridgehead atoms. The molecule has 0 unspecified atom stereocenters. The topological polar surface area (TPSA) is 92.6 Å². The summed E-state index contributed by atoms with van der Waals surface area (Å²) in [6, 6.07) is 10.1. The van der Waals surface area contributed by atoms with Gasteiger partial charge in [0, 0.05) is 31.8 Å². The Morgan fingerprint density at radius 2 is 2.06 bits per heavy atom. The first-order valence-electron chi connectivity index (χ1n) is 12.5. The van der Waals surface area contributed by atoms with Gasteiger partial charge in [-0.2, -0.15) is 0 Å². The van der Waals surface area contributed by atoms with Gasteiger partial charge in [0.1, 0.15) is 16.6 Å². The summed E-state index contributed by atoms with van der Waals surface area (Å²) >= 11 is 1.41. The zero-order valence-corrected chi connectivity index (χ0v) is 21.9. The molecule has 1 aliphatic carbocycles. The zero-order valence-electron chi connectivity index (χ0n) is 21.1. The van der Waals surface area contributed by atoms with Crippen molar-refractivity contribution in [2.24, 2.45) is 0 Å². The molecule has 0 aliphatic heterocycles. The Bertz CT molecular complexity index is 1220. The molecule has 0 amide bonds. The van der Waals surface area contributed by atoms with Gasteiger partial charge in [-0.1, -0.05) is 13.0 Å². The molecule has 1 aromatic carbocycles. The number of pyridine rings is 1. The number of ether oxygens (including phenoxy) is 1. The molecule has 0 saturated carbocycles. The van der Waals surface area contributed by atoms with Gasteiger partial charge in [-0.3, -0.25) is 9.59 Å². The van der Waals surface area contributed by atoms with E-state index < -0.39 is 5.97 Å². The molecule has 4 rings (SSSR count). The minimum Gasteiger partial charge on any atom is -0.494 e. The van der Waals surface area contributed by atoms with E-state index in [-0.39, 0.29) is 18.1 Å². The molecule has 0 fully saturated rings. The molecule has 1 aliphatic rings. The first-order valence-corrected chi connectivity index (χ1v) is 13.3. The van der Waals surface area contributed by atoms with E-state index in [0.717, 1.165) is 72.2 Å². The molecular formula is C28H33N3O4S. The molecule has 7 nitrogen and oxygen atoms in total. The highest BCUT2D eigenvalue weighted by atomic mass is 32.1. The predicted octanol–water partition coefficient (Wildman–Crippen LogP) is 5.91. The van der Waals surface area contributed by atoms with Crippen molar-refractivity contribution >= 4 is 28.9 Å². The van der Waals surface area contributed by atoms with Crippen molar-refractivity contribution in [3.63, 3.8) is 0 Å². The number of hydrogen-bond acceptors (Lipinski definition) is 7. The third-order valence-corrected chi connectivity index (χ3v) is 7.81. The predicted molar refractivity (Wildman–Crippen MR) is 142 cm³/mol. The van der Waals surface area contributed by atoms with Crippen LogP contribution in [0.3, 0.4) is 0 Å². The Balaban J connectivity index is 1.32. The summed E-state index contributed by atoms with van der Waals surface area (Å²) in [7, 11) is 0. The van der Waals surface area contributed by atoms with E-state index in [0.29, 0.717) is 11.5 Å². The van der Waals surface area contributed by atoms with Crippen LogP contribution in [-0.4, -0.2) is 46.5 Å². The highest BCUT2D eigenvalue weighted by Crippen LogP contribution is 2.37. The lowest BCUT2D eigenvalue weighted by molar-refractivity contribution is -0.137. The number of aliphatic carboxylic acids is 1. The van der Waals surface area contributed by atoms with Gasteiger partial charge < -0.3 is 14.7 Å². The van der Waals surface area contributed by atoms with Gasteiger partial charge >= 0.3 is 5.97 Å². The second kappa shape index (κ2) is 11.6. The minimum atomic E-state index is -0.741. The molecule has 36 heavy (non-hydrogen) atoms. The fraction of sp³-hybridized carbons (Fsp3) is 0.429. The smallest absolute Gasteiger partial charge is 0.303 e. The van der Waals surface area contributed by atoms with E-state index in [1.165, 1.54) is 16.9 Å². The van der Waals surface area contributed by atoms with Crippen molar-refractivity contribution in [2.45, 2.75) is 58.8 Å². The average molecular weight is 508 g/mol. The van der Waals surface area contributed by atoms with Crippen molar-refractivity contribution in [2.75, 3.05) is 24.6 Å². The summed E-state index contributed by atoms with van der Waals surface area (Å²) in [5.41, 5.74) is 4.05. The molecular weight excluding hydrogens is 474 g/mol. The molecule has 0 spiro atoms. The van der Waals surface area contributed by atoms with E-state index >= 15 is 0 Å². The van der Waals surface area contributed by atoms with E-state index in [1.807, 2.05) is 37.4 Å². The molecule has 2 heterocycles. The molecule has 0 saturated heterocycles. The molecule has 190 valence electrons. The summed E-state index contributed by atoms with van der Waals surface area (Å²) in [5.74, 6) is 1.18. The molecule has 1 N–H and O–H groups in total. The fourth-order valence-electron chi connectivity index (χ4n) is 4.80. The van der Waals surface area contributed by atoms with Gasteiger partial charge in [0.25, 0.3) is 0 Å². The quantitative estimate of drug-likeness (QED) is 0.241. The number of fused-ring (bicyclic) bond motifs is 1. The Labute approximate surface area is 216 Å². The highest BCUT2D eigenvalue weighted by Gasteiger charge is 2.25. The van der Waals surface area contributed by atoms with E-state index in [1.54, 1.807) is 6.92 Å². The number of ketones is 1. The van der Waals surface area contributed by atoms with Crippen LogP contribution in [0, 0.1) is 6.92 Å². The molecule has 1 atom stereocenters. The number of Topliss-reactive ketones (excluding diaryl/α,β-unsaturated/α-hetero) is 1. The maximum Gasteiger partial charge on any atom is 0.303 e. The zero-order chi connectivity index (χ0) is 25.7. The number of hydrogen-bond donors (Lipinski definition) is 1. The Kier molecular flexibility index (Phi) is 8.36. The number of aryl methyl sites for hydroxylation is 2. The second-order valence-electron chi connectivity index (χ2n) is 9.28. The van der Waals surface area contributed by atoms with Crippen molar-refractivity contribution < 1.29 is 19.4 Å². The maximum absolute atomic E-state index is 11.8. The lowest BCUT2D eigenvalue weighted by Crippen LogP contribution is -2.27. The largest absolute Gasteiger partial charge is 0.494 e. The molecule has 0 radical (unpaired) electrons.